The summed E-state index contributed by atoms with van der Waals surface area (Å²) in [5.74, 6) is -0.688. The lowest BCUT2D eigenvalue weighted by atomic mass is 9.92. The number of nitrogens with zero attached hydrogens (tertiary/aromatic N) is 3. The van der Waals surface area contributed by atoms with E-state index in [0.717, 1.165) is 50.1 Å². The SMILES string of the molecule is Cn1c(C(C)(C)C)c/c(=N\C(=O)c2cc(C(F)(F)F)ccc2OC[C@]2(C)CCCN2)n1C[C@H]1CCCO1. The molecule has 204 valence electrons. The smallest absolute Gasteiger partial charge is 0.416 e. The zero-order chi connectivity index (χ0) is 27.0. The van der Waals surface area contributed by atoms with Crippen LogP contribution in [0.25, 0.3) is 0 Å². The summed E-state index contributed by atoms with van der Waals surface area (Å²) in [4.78, 5) is 17.8. The Hall–Kier alpha value is -2.59. The molecule has 0 aliphatic carbocycles. The molecule has 2 atom stereocenters. The molecular weight excluding hydrogens is 485 g/mol. The summed E-state index contributed by atoms with van der Waals surface area (Å²) in [6.45, 7) is 10.4. The van der Waals surface area contributed by atoms with Crippen molar-refractivity contribution in [1.29, 1.82) is 0 Å². The van der Waals surface area contributed by atoms with Crippen molar-refractivity contribution in [2.45, 2.75) is 83.2 Å². The number of carbonyl (C=O) groups excluding carboxylic acids is 1. The summed E-state index contributed by atoms with van der Waals surface area (Å²) < 4.78 is 56.2. The summed E-state index contributed by atoms with van der Waals surface area (Å²) in [5.41, 5.74) is -0.345. The number of aromatic nitrogens is 2. The van der Waals surface area contributed by atoms with Gasteiger partial charge in [-0.3, -0.25) is 14.2 Å². The van der Waals surface area contributed by atoms with E-state index in [2.05, 4.69) is 31.1 Å². The van der Waals surface area contributed by atoms with Gasteiger partial charge in [-0.2, -0.15) is 18.2 Å². The third-order valence-electron chi connectivity index (χ3n) is 7.17. The molecule has 0 spiro atoms. The Kier molecular flexibility index (Phi) is 7.63. The first-order valence-electron chi connectivity index (χ1n) is 12.8. The Morgan fingerprint density at radius 3 is 2.59 bits per heavy atom. The molecular formula is C27H37F3N4O3. The van der Waals surface area contributed by atoms with Gasteiger partial charge in [-0.25, -0.2) is 0 Å². The fourth-order valence-electron chi connectivity index (χ4n) is 5.04. The minimum absolute atomic E-state index is 0.0115. The van der Waals surface area contributed by atoms with Gasteiger partial charge in [-0.05, 0) is 57.4 Å². The fraction of sp³-hybridized carbons (Fsp3) is 0.630. The highest BCUT2D eigenvalue weighted by atomic mass is 19.4. The number of alkyl halides is 3. The Bertz CT molecular complexity index is 1190. The van der Waals surface area contributed by atoms with Crippen molar-refractivity contribution in [2.24, 2.45) is 12.0 Å². The van der Waals surface area contributed by atoms with E-state index >= 15 is 0 Å². The van der Waals surface area contributed by atoms with Crippen molar-refractivity contribution in [1.82, 2.24) is 14.7 Å². The normalized spacial score (nSPS) is 23.1. The van der Waals surface area contributed by atoms with Crippen LogP contribution in [0.4, 0.5) is 13.2 Å². The highest BCUT2D eigenvalue weighted by molar-refractivity contribution is 5.97. The average molecular weight is 523 g/mol. The van der Waals surface area contributed by atoms with Crippen LogP contribution in [-0.2, 0) is 29.9 Å². The number of rotatable bonds is 6. The second kappa shape index (κ2) is 10.3. The first kappa shape index (κ1) is 27.4. The zero-order valence-electron chi connectivity index (χ0n) is 22.2. The standard InChI is InChI=1S/C27H37F3N4O3/c1-25(2,3)22-15-23(34(33(22)5)16-19-8-6-13-36-19)32-24(35)20-14-18(27(28,29)30)9-10-21(20)37-17-26(4)11-7-12-31-26/h9-10,14-15,19,31H,6-8,11-13,16-17H2,1-5H3/b32-23+/t19-,26+/m1/s1. The van der Waals surface area contributed by atoms with Crippen molar-refractivity contribution in [3.63, 3.8) is 0 Å². The van der Waals surface area contributed by atoms with Gasteiger partial charge >= 0.3 is 6.18 Å². The largest absolute Gasteiger partial charge is 0.491 e. The van der Waals surface area contributed by atoms with Gasteiger partial charge in [0.05, 0.1) is 23.8 Å². The molecule has 1 amide bonds. The van der Waals surface area contributed by atoms with E-state index in [-0.39, 0.29) is 35.0 Å². The van der Waals surface area contributed by atoms with E-state index in [9.17, 15) is 18.0 Å². The summed E-state index contributed by atoms with van der Waals surface area (Å²) in [6, 6.07) is 4.82. The molecule has 2 aliphatic rings. The van der Waals surface area contributed by atoms with E-state index in [1.165, 1.54) is 6.07 Å². The number of ether oxygens (including phenoxy) is 2. The van der Waals surface area contributed by atoms with E-state index in [4.69, 9.17) is 9.47 Å². The van der Waals surface area contributed by atoms with Crippen LogP contribution in [0.2, 0.25) is 0 Å². The first-order valence-corrected chi connectivity index (χ1v) is 12.8. The van der Waals surface area contributed by atoms with Gasteiger partial charge in [0.15, 0.2) is 5.49 Å². The summed E-state index contributed by atoms with van der Waals surface area (Å²) in [6.07, 6.45) is -0.880. The lowest BCUT2D eigenvalue weighted by molar-refractivity contribution is -0.137. The Balaban J connectivity index is 1.75. The Morgan fingerprint density at radius 2 is 2.00 bits per heavy atom. The number of halogens is 3. The van der Waals surface area contributed by atoms with Gasteiger partial charge in [-0.15, -0.1) is 0 Å². The molecule has 1 aromatic heterocycles. The molecule has 2 fully saturated rings. The highest BCUT2D eigenvalue weighted by Gasteiger charge is 2.33. The lowest BCUT2D eigenvalue weighted by Gasteiger charge is -2.25. The molecule has 37 heavy (non-hydrogen) atoms. The second-order valence-electron chi connectivity index (χ2n) is 11.4. The van der Waals surface area contributed by atoms with Gasteiger partial charge in [0, 0.05) is 36.4 Å². The molecule has 1 aromatic carbocycles. The lowest BCUT2D eigenvalue weighted by Crippen LogP contribution is -2.42. The average Bonchev–Trinajstić information content (AvgIpc) is 3.55. The molecule has 0 radical (unpaired) electrons. The first-order chi connectivity index (χ1) is 17.3. The topological polar surface area (TPSA) is 69.8 Å². The summed E-state index contributed by atoms with van der Waals surface area (Å²) in [7, 11) is 1.90. The van der Waals surface area contributed by atoms with Crippen molar-refractivity contribution in [3.8, 4) is 5.75 Å². The van der Waals surface area contributed by atoms with Gasteiger partial charge in [-0.1, -0.05) is 20.8 Å². The molecule has 0 bridgehead atoms. The maximum absolute atomic E-state index is 13.5. The molecule has 3 heterocycles. The third-order valence-corrected chi connectivity index (χ3v) is 7.17. The molecule has 7 nitrogen and oxygen atoms in total. The number of benzene rings is 1. The maximum Gasteiger partial charge on any atom is 0.416 e. The highest BCUT2D eigenvalue weighted by Crippen LogP contribution is 2.33. The van der Waals surface area contributed by atoms with E-state index in [0.29, 0.717) is 18.6 Å². The number of amides is 1. The molecule has 0 unspecified atom stereocenters. The number of hydrogen-bond acceptors (Lipinski definition) is 4. The Morgan fingerprint density at radius 1 is 1.24 bits per heavy atom. The van der Waals surface area contributed by atoms with Gasteiger partial charge in [0.2, 0.25) is 0 Å². The molecule has 1 N–H and O–H groups in total. The van der Waals surface area contributed by atoms with Crippen LogP contribution in [0.5, 0.6) is 5.75 Å². The number of carbonyl (C=O) groups is 1. The number of nitrogens with one attached hydrogen (secondary N) is 1. The van der Waals surface area contributed by atoms with Crippen LogP contribution < -0.4 is 15.5 Å². The van der Waals surface area contributed by atoms with Gasteiger partial charge < -0.3 is 14.8 Å². The van der Waals surface area contributed by atoms with Crippen LogP contribution in [0, 0.1) is 0 Å². The molecule has 0 saturated carbocycles. The molecule has 4 rings (SSSR count). The van der Waals surface area contributed by atoms with Crippen LogP contribution in [0.3, 0.4) is 0 Å². The minimum Gasteiger partial charge on any atom is -0.491 e. The van der Waals surface area contributed by atoms with Gasteiger partial charge in [0.25, 0.3) is 5.91 Å². The van der Waals surface area contributed by atoms with Crippen LogP contribution in [-0.4, -0.2) is 46.7 Å². The quantitative estimate of drug-likeness (QED) is 0.603. The monoisotopic (exact) mass is 522 g/mol. The molecule has 10 heteroatoms. The van der Waals surface area contributed by atoms with Crippen LogP contribution in [0.15, 0.2) is 29.3 Å². The fourth-order valence-corrected chi connectivity index (χ4v) is 5.04. The van der Waals surface area contributed by atoms with Crippen molar-refractivity contribution in [3.05, 3.63) is 46.6 Å². The molecule has 2 aromatic rings. The predicted octanol–water partition coefficient (Wildman–Crippen LogP) is 4.58. The zero-order valence-corrected chi connectivity index (χ0v) is 22.2. The number of hydrogen-bond donors (Lipinski definition) is 1. The van der Waals surface area contributed by atoms with Crippen molar-refractivity contribution in [2.75, 3.05) is 19.8 Å². The molecule has 2 aliphatic heterocycles. The van der Waals surface area contributed by atoms with E-state index in [1.54, 1.807) is 0 Å². The van der Waals surface area contributed by atoms with Gasteiger partial charge in [0.1, 0.15) is 12.4 Å². The van der Waals surface area contributed by atoms with E-state index in [1.807, 2.05) is 29.4 Å². The third kappa shape index (κ3) is 6.29. The second-order valence-corrected chi connectivity index (χ2v) is 11.4. The van der Waals surface area contributed by atoms with Crippen molar-refractivity contribution < 1.29 is 27.4 Å². The molecule has 2 saturated heterocycles. The minimum atomic E-state index is -4.60. The summed E-state index contributed by atoms with van der Waals surface area (Å²) >= 11 is 0. The summed E-state index contributed by atoms with van der Waals surface area (Å²) in [5, 5.41) is 3.36. The predicted molar refractivity (Wildman–Crippen MR) is 134 cm³/mol. The Labute approximate surface area is 215 Å². The maximum atomic E-state index is 13.5. The van der Waals surface area contributed by atoms with E-state index < -0.39 is 17.6 Å². The van der Waals surface area contributed by atoms with Crippen LogP contribution >= 0.6 is 0 Å². The van der Waals surface area contributed by atoms with Crippen LogP contribution in [0.1, 0.15) is 75.0 Å². The van der Waals surface area contributed by atoms with Crippen molar-refractivity contribution >= 4 is 5.91 Å².